The van der Waals surface area contributed by atoms with Gasteiger partial charge in [0.1, 0.15) is 0 Å². The first-order valence-electron chi connectivity index (χ1n) is 7.37. The fourth-order valence-corrected chi connectivity index (χ4v) is 2.21. The van der Waals surface area contributed by atoms with E-state index in [4.69, 9.17) is 0 Å². The van der Waals surface area contributed by atoms with Crippen LogP contribution in [0, 0.1) is 6.92 Å². The van der Waals surface area contributed by atoms with Crippen LogP contribution in [-0.4, -0.2) is 15.8 Å². The number of alkyl halides is 3. The summed E-state index contributed by atoms with van der Waals surface area (Å²) in [6.45, 7) is 3.80. The molecule has 0 aliphatic carbocycles. The molecule has 1 aromatic carbocycles. The second-order valence-electron chi connectivity index (χ2n) is 5.55. The van der Waals surface area contributed by atoms with Crippen molar-refractivity contribution in [2.24, 2.45) is 7.05 Å². The molecule has 0 spiro atoms. The minimum atomic E-state index is -4.41. The van der Waals surface area contributed by atoms with Crippen molar-refractivity contribution in [3.63, 3.8) is 0 Å². The van der Waals surface area contributed by atoms with Crippen molar-refractivity contribution in [1.82, 2.24) is 20.4 Å². The lowest BCUT2D eigenvalue weighted by Crippen LogP contribution is -2.36. The Morgan fingerprint density at radius 3 is 2.67 bits per heavy atom. The summed E-state index contributed by atoms with van der Waals surface area (Å²) in [7, 11) is 1.80. The Labute approximate surface area is 137 Å². The lowest BCUT2D eigenvalue weighted by molar-refractivity contribution is -0.137. The smallest absolute Gasteiger partial charge is 0.334 e. The highest BCUT2D eigenvalue weighted by Crippen LogP contribution is 2.30. The number of aryl methyl sites for hydroxylation is 1. The summed E-state index contributed by atoms with van der Waals surface area (Å²) in [4.78, 5) is 11.9. The number of benzene rings is 1. The van der Waals surface area contributed by atoms with E-state index in [0.29, 0.717) is 12.1 Å². The minimum Gasteiger partial charge on any atom is -0.334 e. The number of nitrogens with zero attached hydrogens (tertiary/aromatic N) is 2. The molecule has 2 amide bonds. The highest BCUT2D eigenvalue weighted by molar-refractivity contribution is 5.74. The Balaban J connectivity index is 1.95. The predicted molar refractivity (Wildman–Crippen MR) is 83.2 cm³/mol. The van der Waals surface area contributed by atoms with Gasteiger partial charge < -0.3 is 10.6 Å². The standard InChI is InChI=1S/C16H19F3N4O/c1-10(12-5-4-6-14(7-12)16(17,18)19)22-15(24)20-8-13-9-21-23(3)11(13)2/h4-7,9-10H,8H2,1-3H3,(H2,20,22,24)/t10-/m1/s1. The largest absolute Gasteiger partial charge is 0.416 e. The first-order chi connectivity index (χ1) is 11.2. The van der Waals surface area contributed by atoms with Crippen molar-refractivity contribution < 1.29 is 18.0 Å². The summed E-state index contributed by atoms with van der Waals surface area (Å²) in [6.07, 6.45) is -2.75. The average molecular weight is 340 g/mol. The van der Waals surface area contributed by atoms with Crippen molar-refractivity contribution in [1.29, 1.82) is 0 Å². The van der Waals surface area contributed by atoms with Crippen LogP contribution in [-0.2, 0) is 19.8 Å². The van der Waals surface area contributed by atoms with Gasteiger partial charge in [0.25, 0.3) is 0 Å². The second-order valence-corrected chi connectivity index (χ2v) is 5.55. The van der Waals surface area contributed by atoms with Crippen molar-refractivity contribution in [3.05, 3.63) is 52.8 Å². The number of hydrogen-bond acceptors (Lipinski definition) is 2. The van der Waals surface area contributed by atoms with E-state index in [1.54, 1.807) is 30.9 Å². The Morgan fingerprint density at radius 2 is 2.08 bits per heavy atom. The number of carbonyl (C=O) groups excluding carboxylic acids is 1. The molecule has 130 valence electrons. The van der Waals surface area contributed by atoms with Gasteiger partial charge in [-0.05, 0) is 31.5 Å². The van der Waals surface area contributed by atoms with Crippen LogP contribution >= 0.6 is 0 Å². The van der Waals surface area contributed by atoms with Gasteiger partial charge in [-0.3, -0.25) is 4.68 Å². The molecule has 1 heterocycles. The van der Waals surface area contributed by atoms with Gasteiger partial charge in [0.15, 0.2) is 0 Å². The van der Waals surface area contributed by atoms with Crippen LogP contribution in [0.5, 0.6) is 0 Å². The van der Waals surface area contributed by atoms with E-state index in [1.807, 2.05) is 6.92 Å². The number of nitrogens with one attached hydrogen (secondary N) is 2. The van der Waals surface area contributed by atoms with E-state index >= 15 is 0 Å². The zero-order valence-corrected chi connectivity index (χ0v) is 13.6. The number of amides is 2. The molecule has 2 rings (SSSR count). The number of carbonyl (C=O) groups is 1. The topological polar surface area (TPSA) is 59.0 Å². The third-order valence-electron chi connectivity index (χ3n) is 3.84. The zero-order chi connectivity index (χ0) is 17.9. The number of hydrogen-bond donors (Lipinski definition) is 2. The lowest BCUT2D eigenvalue weighted by Gasteiger charge is -2.16. The van der Waals surface area contributed by atoms with Gasteiger partial charge in [0, 0.05) is 24.8 Å². The monoisotopic (exact) mass is 340 g/mol. The molecule has 8 heteroatoms. The molecule has 0 radical (unpaired) electrons. The first-order valence-corrected chi connectivity index (χ1v) is 7.37. The Kier molecular flexibility index (Phi) is 5.16. The van der Waals surface area contributed by atoms with Gasteiger partial charge in [-0.2, -0.15) is 18.3 Å². The SMILES string of the molecule is Cc1c(CNC(=O)N[C@H](C)c2cccc(C(F)(F)F)c2)cnn1C. The van der Waals surface area contributed by atoms with E-state index in [-0.39, 0.29) is 0 Å². The van der Waals surface area contributed by atoms with Gasteiger partial charge in [-0.15, -0.1) is 0 Å². The van der Waals surface area contributed by atoms with Crippen molar-refractivity contribution in [2.75, 3.05) is 0 Å². The summed E-state index contributed by atoms with van der Waals surface area (Å²) >= 11 is 0. The summed E-state index contributed by atoms with van der Waals surface area (Å²) in [5, 5.41) is 9.37. The molecule has 24 heavy (non-hydrogen) atoms. The zero-order valence-electron chi connectivity index (χ0n) is 13.6. The van der Waals surface area contributed by atoms with E-state index in [9.17, 15) is 18.0 Å². The van der Waals surface area contributed by atoms with Gasteiger partial charge in [-0.1, -0.05) is 12.1 Å². The normalized spacial score (nSPS) is 12.8. The van der Waals surface area contributed by atoms with Crippen LogP contribution in [0.1, 0.15) is 35.3 Å². The van der Waals surface area contributed by atoms with E-state index in [1.165, 1.54) is 6.07 Å². The molecule has 0 saturated carbocycles. The van der Waals surface area contributed by atoms with E-state index < -0.39 is 23.8 Å². The van der Waals surface area contributed by atoms with Crippen molar-refractivity contribution in [3.8, 4) is 0 Å². The molecule has 0 aliphatic rings. The van der Waals surface area contributed by atoms with Crippen LogP contribution < -0.4 is 10.6 Å². The minimum absolute atomic E-state index is 0.292. The van der Waals surface area contributed by atoms with Crippen LogP contribution in [0.3, 0.4) is 0 Å². The molecule has 1 aromatic heterocycles. The van der Waals surface area contributed by atoms with Gasteiger partial charge in [0.2, 0.25) is 0 Å². The first kappa shape index (κ1) is 17.8. The van der Waals surface area contributed by atoms with Crippen LogP contribution in [0.4, 0.5) is 18.0 Å². The number of rotatable bonds is 4. The molecule has 0 unspecified atom stereocenters. The third-order valence-corrected chi connectivity index (χ3v) is 3.84. The predicted octanol–water partition coefficient (Wildman–Crippen LogP) is 3.31. The van der Waals surface area contributed by atoms with Crippen LogP contribution in [0.2, 0.25) is 0 Å². The second kappa shape index (κ2) is 6.94. The van der Waals surface area contributed by atoms with Gasteiger partial charge in [0.05, 0.1) is 17.8 Å². The van der Waals surface area contributed by atoms with Crippen molar-refractivity contribution in [2.45, 2.75) is 32.6 Å². The molecular weight excluding hydrogens is 321 g/mol. The van der Waals surface area contributed by atoms with Gasteiger partial charge >= 0.3 is 12.2 Å². The maximum Gasteiger partial charge on any atom is 0.416 e. The summed E-state index contributed by atoms with van der Waals surface area (Å²) in [5.41, 5.74) is 1.46. The molecular formula is C16H19F3N4O. The number of urea groups is 1. The van der Waals surface area contributed by atoms with Crippen LogP contribution in [0.25, 0.3) is 0 Å². The third kappa shape index (κ3) is 4.27. The molecule has 0 bridgehead atoms. The molecule has 2 N–H and O–H groups in total. The maximum atomic E-state index is 12.7. The number of aromatic nitrogens is 2. The summed E-state index contributed by atoms with van der Waals surface area (Å²) < 4.78 is 39.9. The fourth-order valence-electron chi connectivity index (χ4n) is 2.21. The van der Waals surface area contributed by atoms with Crippen LogP contribution in [0.15, 0.2) is 30.5 Å². The summed E-state index contributed by atoms with van der Waals surface area (Å²) in [5.74, 6) is 0. The van der Waals surface area contributed by atoms with E-state index in [0.717, 1.165) is 23.4 Å². The quantitative estimate of drug-likeness (QED) is 0.897. The number of halogens is 3. The average Bonchev–Trinajstić information content (AvgIpc) is 2.84. The molecule has 0 aliphatic heterocycles. The fraction of sp³-hybridized carbons (Fsp3) is 0.375. The van der Waals surface area contributed by atoms with Crippen molar-refractivity contribution >= 4 is 6.03 Å². The molecule has 1 atom stereocenters. The highest BCUT2D eigenvalue weighted by atomic mass is 19.4. The van der Waals surface area contributed by atoms with Gasteiger partial charge in [-0.25, -0.2) is 4.79 Å². The molecule has 0 fully saturated rings. The lowest BCUT2D eigenvalue weighted by atomic mass is 10.1. The molecule has 0 saturated heterocycles. The molecule has 2 aromatic rings. The Bertz CT molecular complexity index is 724. The van der Waals surface area contributed by atoms with E-state index in [2.05, 4.69) is 15.7 Å². The Morgan fingerprint density at radius 1 is 1.38 bits per heavy atom. The molecule has 5 nitrogen and oxygen atoms in total. The Hall–Kier alpha value is -2.51. The maximum absolute atomic E-state index is 12.7. The highest BCUT2D eigenvalue weighted by Gasteiger charge is 2.30. The summed E-state index contributed by atoms with van der Waals surface area (Å²) in [6, 6.07) is 3.90.